The van der Waals surface area contributed by atoms with Crippen molar-refractivity contribution in [1.29, 1.82) is 0 Å². The van der Waals surface area contributed by atoms with Crippen molar-refractivity contribution >= 4 is 51.7 Å². The van der Waals surface area contributed by atoms with Gasteiger partial charge in [0.1, 0.15) is 5.25 Å². The van der Waals surface area contributed by atoms with Crippen LogP contribution in [0.15, 0.2) is 77.8 Å². The molecule has 0 bridgehead atoms. The van der Waals surface area contributed by atoms with Gasteiger partial charge in [0, 0.05) is 6.42 Å². The molecule has 1 aliphatic heterocycles. The number of halogens is 1. The van der Waals surface area contributed by atoms with Gasteiger partial charge in [0.05, 0.1) is 37.2 Å². The highest BCUT2D eigenvalue weighted by Crippen LogP contribution is 2.33. The van der Waals surface area contributed by atoms with Gasteiger partial charge in [-0.05, 0) is 42.0 Å². The average molecular weight is 510 g/mol. The van der Waals surface area contributed by atoms with Crippen LogP contribution in [-0.4, -0.2) is 41.4 Å². The van der Waals surface area contributed by atoms with Crippen LogP contribution in [0.2, 0.25) is 5.02 Å². The molecule has 9 heteroatoms. The number of rotatable bonds is 7. The number of methoxy groups -OCH3 is 2. The SMILES string of the molecule is COc1ccc(CN2C(=O)CC(C(=O)Nc3ccccc3Cl)SC2=Nc2ccccc2)cc1OC. The summed E-state index contributed by atoms with van der Waals surface area (Å²) in [5, 5.41) is 3.06. The predicted octanol–water partition coefficient (Wildman–Crippen LogP) is 5.52. The Morgan fingerprint density at radius 1 is 1.06 bits per heavy atom. The molecule has 1 fully saturated rings. The van der Waals surface area contributed by atoms with Crippen LogP contribution in [0.4, 0.5) is 11.4 Å². The molecule has 3 aromatic rings. The molecular formula is C26H24ClN3O4S. The van der Waals surface area contributed by atoms with Crippen LogP contribution in [0.25, 0.3) is 0 Å². The summed E-state index contributed by atoms with van der Waals surface area (Å²) < 4.78 is 10.7. The smallest absolute Gasteiger partial charge is 0.238 e. The Hall–Kier alpha value is -3.49. The van der Waals surface area contributed by atoms with E-state index >= 15 is 0 Å². The summed E-state index contributed by atoms with van der Waals surface area (Å²) in [6.07, 6.45) is 0.0298. The fourth-order valence-electron chi connectivity index (χ4n) is 3.55. The van der Waals surface area contributed by atoms with Crippen LogP contribution in [0.5, 0.6) is 11.5 Å². The molecule has 1 saturated heterocycles. The summed E-state index contributed by atoms with van der Waals surface area (Å²) in [5.74, 6) is 0.668. The van der Waals surface area contributed by atoms with Crippen molar-refractivity contribution < 1.29 is 19.1 Å². The van der Waals surface area contributed by atoms with Gasteiger partial charge in [-0.2, -0.15) is 0 Å². The lowest BCUT2D eigenvalue weighted by Crippen LogP contribution is -2.44. The molecule has 0 radical (unpaired) electrons. The fourth-order valence-corrected chi connectivity index (χ4v) is 4.83. The van der Waals surface area contributed by atoms with Gasteiger partial charge in [-0.25, -0.2) is 4.99 Å². The molecule has 1 atom stereocenters. The minimum absolute atomic E-state index is 0.0298. The number of para-hydroxylation sites is 2. The Morgan fingerprint density at radius 3 is 2.49 bits per heavy atom. The Bertz CT molecular complexity index is 1250. The largest absolute Gasteiger partial charge is 0.493 e. The maximum absolute atomic E-state index is 13.3. The maximum atomic E-state index is 13.3. The van der Waals surface area contributed by atoms with Gasteiger partial charge in [-0.1, -0.05) is 59.8 Å². The number of nitrogens with zero attached hydrogens (tertiary/aromatic N) is 2. The number of carbonyl (C=O) groups excluding carboxylic acids is 2. The number of hydrogen-bond acceptors (Lipinski definition) is 6. The molecule has 1 N–H and O–H groups in total. The Labute approximate surface area is 213 Å². The van der Waals surface area contributed by atoms with Crippen molar-refractivity contribution in [2.75, 3.05) is 19.5 Å². The number of anilines is 1. The Balaban J connectivity index is 1.61. The van der Waals surface area contributed by atoms with E-state index in [4.69, 9.17) is 26.1 Å². The molecule has 0 spiro atoms. The van der Waals surface area contributed by atoms with E-state index in [0.29, 0.717) is 33.1 Å². The first-order chi connectivity index (χ1) is 17.0. The third-order valence-corrected chi connectivity index (χ3v) is 6.85. The number of hydrogen-bond donors (Lipinski definition) is 1. The van der Waals surface area contributed by atoms with Crippen molar-refractivity contribution in [1.82, 2.24) is 4.90 Å². The molecule has 0 saturated carbocycles. The van der Waals surface area contributed by atoms with Crippen molar-refractivity contribution in [2.45, 2.75) is 18.2 Å². The molecule has 35 heavy (non-hydrogen) atoms. The van der Waals surface area contributed by atoms with Gasteiger partial charge < -0.3 is 14.8 Å². The van der Waals surface area contributed by atoms with Crippen molar-refractivity contribution in [3.05, 3.63) is 83.4 Å². The van der Waals surface area contributed by atoms with Crippen LogP contribution in [0.3, 0.4) is 0 Å². The summed E-state index contributed by atoms with van der Waals surface area (Å²) in [5.41, 5.74) is 2.03. The first-order valence-corrected chi connectivity index (χ1v) is 12.1. The molecule has 0 aliphatic carbocycles. The standard InChI is InChI=1S/C26H24ClN3O4S/c1-33-21-13-12-17(14-22(21)34-2)16-30-24(31)15-23(25(32)29-20-11-7-6-10-19(20)27)35-26(30)28-18-8-4-3-5-9-18/h3-14,23H,15-16H2,1-2H3,(H,29,32). The van der Waals surface area contributed by atoms with Crippen LogP contribution >= 0.6 is 23.4 Å². The highest BCUT2D eigenvalue weighted by molar-refractivity contribution is 8.15. The lowest BCUT2D eigenvalue weighted by atomic mass is 10.1. The number of ether oxygens (including phenoxy) is 2. The van der Waals surface area contributed by atoms with E-state index in [-0.39, 0.29) is 24.8 Å². The molecule has 3 aromatic carbocycles. The molecule has 4 rings (SSSR count). The molecule has 0 aromatic heterocycles. The van der Waals surface area contributed by atoms with E-state index < -0.39 is 5.25 Å². The molecule has 7 nitrogen and oxygen atoms in total. The van der Waals surface area contributed by atoms with Gasteiger partial charge in [0.15, 0.2) is 16.7 Å². The minimum atomic E-state index is -0.650. The monoisotopic (exact) mass is 509 g/mol. The highest BCUT2D eigenvalue weighted by Gasteiger charge is 2.36. The number of amidine groups is 1. The number of carbonyl (C=O) groups is 2. The zero-order valence-electron chi connectivity index (χ0n) is 19.2. The topological polar surface area (TPSA) is 80.2 Å². The first-order valence-electron chi connectivity index (χ1n) is 10.9. The van der Waals surface area contributed by atoms with E-state index in [1.54, 1.807) is 49.5 Å². The van der Waals surface area contributed by atoms with E-state index in [2.05, 4.69) is 5.32 Å². The fraction of sp³-hybridized carbons (Fsp3) is 0.192. The second kappa shape index (κ2) is 11.3. The van der Waals surface area contributed by atoms with Crippen molar-refractivity contribution in [2.24, 2.45) is 4.99 Å². The average Bonchev–Trinajstić information content (AvgIpc) is 2.87. The lowest BCUT2D eigenvalue weighted by Gasteiger charge is -2.32. The molecule has 1 heterocycles. The molecule has 2 amide bonds. The van der Waals surface area contributed by atoms with E-state index in [9.17, 15) is 9.59 Å². The van der Waals surface area contributed by atoms with Gasteiger partial charge in [-0.3, -0.25) is 14.5 Å². The Kier molecular flexibility index (Phi) is 7.94. The molecule has 1 unspecified atom stereocenters. The molecule has 180 valence electrons. The minimum Gasteiger partial charge on any atom is -0.493 e. The van der Waals surface area contributed by atoms with E-state index in [1.165, 1.54) is 11.8 Å². The number of benzene rings is 3. The summed E-state index contributed by atoms with van der Waals surface area (Å²) in [4.78, 5) is 32.6. The van der Waals surface area contributed by atoms with Crippen LogP contribution < -0.4 is 14.8 Å². The summed E-state index contributed by atoms with van der Waals surface area (Å²) in [6.45, 7) is 0.275. The highest BCUT2D eigenvalue weighted by atomic mass is 35.5. The third kappa shape index (κ3) is 5.96. The summed E-state index contributed by atoms with van der Waals surface area (Å²) in [6, 6.07) is 21.8. The van der Waals surface area contributed by atoms with Crippen LogP contribution in [0, 0.1) is 0 Å². The second-order valence-electron chi connectivity index (χ2n) is 7.68. The second-order valence-corrected chi connectivity index (χ2v) is 9.26. The normalized spacial score (nSPS) is 16.8. The number of thioether (sulfide) groups is 1. The van der Waals surface area contributed by atoms with Gasteiger partial charge in [0.25, 0.3) is 0 Å². The predicted molar refractivity (Wildman–Crippen MR) is 140 cm³/mol. The molecule has 1 aliphatic rings. The van der Waals surface area contributed by atoms with Crippen molar-refractivity contribution in [3.8, 4) is 11.5 Å². The number of aliphatic imine (C=N–C) groups is 1. The number of nitrogens with one attached hydrogen (secondary N) is 1. The molecular weight excluding hydrogens is 486 g/mol. The van der Waals surface area contributed by atoms with Gasteiger partial charge in [0.2, 0.25) is 11.8 Å². The summed E-state index contributed by atoms with van der Waals surface area (Å²) in [7, 11) is 3.13. The van der Waals surface area contributed by atoms with E-state index in [0.717, 1.165) is 5.56 Å². The van der Waals surface area contributed by atoms with Crippen molar-refractivity contribution in [3.63, 3.8) is 0 Å². The maximum Gasteiger partial charge on any atom is 0.238 e. The lowest BCUT2D eigenvalue weighted by molar-refractivity contribution is -0.129. The summed E-state index contributed by atoms with van der Waals surface area (Å²) >= 11 is 7.44. The van der Waals surface area contributed by atoms with Gasteiger partial charge in [-0.15, -0.1) is 0 Å². The van der Waals surface area contributed by atoms with Crippen LogP contribution in [-0.2, 0) is 16.1 Å². The zero-order valence-corrected chi connectivity index (χ0v) is 20.8. The Morgan fingerprint density at radius 2 is 1.77 bits per heavy atom. The van der Waals surface area contributed by atoms with E-state index in [1.807, 2.05) is 42.5 Å². The zero-order chi connectivity index (χ0) is 24.8. The third-order valence-electron chi connectivity index (χ3n) is 5.33. The first kappa shape index (κ1) is 24.6. The number of amides is 2. The van der Waals surface area contributed by atoms with Crippen LogP contribution in [0.1, 0.15) is 12.0 Å². The van der Waals surface area contributed by atoms with Gasteiger partial charge >= 0.3 is 0 Å². The quantitative estimate of drug-likeness (QED) is 0.453.